The minimum Gasteiger partial charge on any atom is -0.497 e. The van der Waals surface area contributed by atoms with Gasteiger partial charge in [0.2, 0.25) is 21.7 Å². The summed E-state index contributed by atoms with van der Waals surface area (Å²) in [4.78, 5) is 4.25. The van der Waals surface area contributed by atoms with Gasteiger partial charge >= 0.3 is 0 Å². The van der Waals surface area contributed by atoms with E-state index < -0.39 is 10.0 Å². The van der Waals surface area contributed by atoms with Gasteiger partial charge < -0.3 is 9.26 Å². The maximum absolute atomic E-state index is 12.7. The van der Waals surface area contributed by atoms with Gasteiger partial charge in [-0.3, -0.25) is 0 Å². The van der Waals surface area contributed by atoms with Crippen molar-refractivity contribution in [2.75, 3.05) is 14.2 Å². The molecule has 0 atom stereocenters. The molecule has 0 aliphatic carbocycles. The number of halogens is 2. The number of rotatable bonds is 7. The van der Waals surface area contributed by atoms with Crippen molar-refractivity contribution in [2.24, 2.45) is 0 Å². The highest BCUT2D eigenvalue weighted by molar-refractivity contribution is 7.88. The molecule has 1 heterocycles. The van der Waals surface area contributed by atoms with Crippen LogP contribution in [0.5, 0.6) is 5.75 Å². The summed E-state index contributed by atoms with van der Waals surface area (Å²) in [5.74, 6) is 0.901. The molecular weight excluding hydrogens is 425 g/mol. The normalized spacial score (nSPS) is 11.8. The first-order chi connectivity index (χ1) is 13.3. The molecule has 0 aliphatic heterocycles. The lowest BCUT2D eigenvalue weighted by molar-refractivity contribution is 0.336. The van der Waals surface area contributed by atoms with E-state index in [1.807, 2.05) is 0 Å². The van der Waals surface area contributed by atoms with E-state index in [-0.39, 0.29) is 18.2 Å². The average molecular weight is 442 g/mol. The van der Waals surface area contributed by atoms with Crippen molar-refractivity contribution in [2.45, 2.75) is 12.3 Å². The van der Waals surface area contributed by atoms with E-state index in [4.69, 9.17) is 32.5 Å². The molecule has 2 aromatic carbocycles. The quantitative estimate of drug-likeness (QED) is 0.550. The third kappa shape index (κ3) is 4.64. The van der Waals surface area contributed by atoms with Crippen LogP contribution in [0.2, 0.25) is 10.0 Å². The number of benzene rings is 2. The maximum atomic E-state index is 12.7. The second-order valence-corrected chi connectivity index (χ2v) is 8.84. The molecule has 0 radical (unpaired) electrons. The molecule has 3 rings (SSSR count). The van der Waals surface area contributed by atoms with Gasteiger partial charge in [-0.15, -0.1) is 0 Å². The Morgan fingerprint density at radius 1 is 1.11 bits per heavy atom. The lowest BCUT2D eigenvalue weighted by atomic mass is 10.2. The Kier molecular flexibility index (Phi) is 6.24. The minimum atomic E-state index is -3.70. The molecule has 148 valence electrons. The molecule has 10 heteroatoms. The van der Waals surface area contributed by atoms with Crippen LogP contribution in [0.25, 0.3) is 11.4 Å². The summed E-state index contributed by atoms with van der Waals surface area (Å²) >= 11 is 12.2. The molecule has 0 bridgehead atoms. The van der Waals surface area contributed by atoms with Gasteiger partial charge in [0.15, 0.2) is 0 Å². The number of aromatic nitrogens is 2. The topological polar surface area (TPSA) is 85.5 Å². The standard InChI is InChI=1S/C18H17Cl2N3O4S/c1-23(28(24,25)11-14-15(19)4-3-5-16(14)20)10-17-21-18(22-27-17)12-6-8-13(26-2)9-7-12/h3-9H,10-11H2,1-2H3. The van der Waals surface area contributed by atoms with Crippen molar-refractivity contribution in [1.82, 2.24) is 14.4 Å². The fraction of sp³-hybridized carbons (Fsp3) is 0.222. The van der Waals surface area contributed by atoms with E-state index in [9.17, 15) is 8.42 Å². The monoisotopic (exact) mass is 441 g/mol. The van der Waals surface area contributed by atoms with Gasteiger partial charge in [-0.05, 0) is 36.4 Å². The smallest absolute Gasteiger partial charge is 0.242 e. The van der Waals surface area contributed by atoms with Crippen molar-refractivity contribution in [3.63, 3.8) is 0 Å². The van der Waals surface area contributed by atoms with E-state index >= 15 is 0 Å². The van der Waals surface area contributed by atoms with Crippen molar-refractivity contribution in [3.8, 4) is 17.1 Å². The predicted octanol–water partition coefficient (Wildman–Crippen LogP) is 4.01. The van der Waals surface area contributed by atoms with Crippen LogP contribution < -0.4 is 4.74 Å². The van der Waals surface area contributed by atoms with E-state index in [2.05, 4.69) is 10.1 Å². The molecule has 0 aliphatic rings. The number of sulfonamides is 1. The molecule has 0 fully saturated rings. The summed E-state index contributed by atoms with van der Waals surface area (Å²) in [6, 6.07) is 12.0. The number of hydrogen-bond acceptors (Lipinski definition) is 6. The number of ether oxygens (including phenoxy) is 1. The molecule has 0 saturated heterocycles. The van der Waals surface area contributed by atoms with Crippen LogP contribution in [-0.4, -0.2) is 37.0 Å². The van der Waals surface area contributed by atoms with Gasteiger partial charge in [0, 0.05) is 28.2 Å². The Labute approximate surface area is 172 Å². The number of nitrogens with zero attached hydrogens (tertiary/aromatic N) is 3. The van der Waals surface area contributed by atoms with Gasteiger partial charge in [0.25, 0.3) is 0 Å². The lowest BCUT2D eigenvalue weighted by Crippen LogP contribution is -2.28. The van der Waals surface area contributed by atoms with Gasteiger partial charge in [-0.25, -0.2) is 8.42 Å². The maximum Gasteiger partial charge on any atom is 0.242 e. The fourth-order valence-corrected chi connectivity index (χ4v) is 4.32. The minimum absolute atomic E-state index is 0.0758. The zero-order chi connectivity index (χ0) is 20.3. The molecule has 3 aromatic rings. The highest BCUT2D eigenvalue weighted by Gasteiger charge is 2.24. The molecule has 0 saturated carbocycles. The van der Waals surface area contributed by atoms with Gasteiger partial charge in [-0.1, -0.05) is 34.4 Å². The zero-order valence-electron chi connectivity index (χ0n) is 15.1. The average Bonchev–Trinajstić information content (AvgIpc) is 3.13. The summed E-state index contributed by atoms with van der Waals surface area (Å²) in [7, 11) is -0.696. The zero-order valence-corrected chi connectivity index (χ0v) is 17.4. The van der Waals surface area contributed by atoms with Crippen molar-refractivity contribution < 1.29 is 17.7 Å². The van der Waals surface area contributed by atoms with Crippen LogP contribution in [0.15, 0.2) is 47.0 Å². The van der Waals surface area contributed by atoms with Crippen LogP contribution in [0.4, 0.5) is 0 Å². The van der Waals surface area contributed by atoms with Crippen LogP contribution in [-0.2, 0) is 22.3 Å². The number of hydrogen-bond donors (Lipinski definition) is 0. The van der Waals surface area contributed by atoms with Crippen LogP contribution in [0.1, 0.15) is 11.5 Å². The Morgan fingerprint density at radius 2 is 1.75 bits per heavy atom. The van der Waals surface area contributed by atoms with E-state index in [1.165, 1.54) is 7.05 Å². The van der Waals surface area contributed by atoms with Crippen molar-refractivity contribution in [1.29, 1.82) is 0 Å². The van der Waals surface area contributed by atoms with E-state index in [0.29, 0.717) is 27.2 Å². The third-order valence-corrected chi connectivity index (χ3v) is 6.48. The summed E-state index contributed by atoms with van der Waals surface area (Å²) in [5.41, 5.74) is 1.08. The highest BCUT2D eigenvalue weighted by atomic mass is 35.5. The highest BCUT2D eigenvalue weighted by Crippen LogP contribution is 2.27. The Hall–Kier alpha value is -2.13. The number of methoxy groups -OCH3 is 1. The predicted molar refractivity (Wildman–Crippen MR) is 107 cm³/mol. The second-order valence-electron chi connectivity index (χ2n) is 5.95. The van der Waals surface area contributed by atoms with Crippen molar-refractivity contribution in [3.05, 3.63) is 64.0 Å². The first-order valence-corrected chi connectivity index (χ1v) is 10.5. The first kappa shape index (κ1) is 20.6. The van der Waals surface area contributed by atoms with Gasteiger partial charge in [0.1, 0.15) is 5.75 Å². The van der Waals surface area contributed by atoms with Crippen LogP contribution >= 0.6 is 23.2 Å². The Balaban J connectivity index is 1.73. The molecule has 0 amide bonds. The Morgan fingerprint density at radius 3 is 2.36 bits per heavy atom. The summed E-state index contributed by atoms with van der Waals surface area (Å²) in [6.45, 7) is -0.0758. The van der Waals surface area contributed by atoms with Gasteiger partial charge in [0.05, 0.1) is 19.4 Å². The third-order valence-electron chi connectivity index (χ3n) is 4.04. The molecule has 0 unspecified atom stereocenters. The van der Waals surface area contributed by atoms with Crippen LogP contribution in [0, 0.1) is 0 Å². The summed E-state index contributed by atoms with van der Waals surface area (Å²) < 4.78 is 36.7. The van der Waals surface area contributed by atoms with Crippen LogP contribution in [0.3, 0.4) is 0 Å². The van der Waals surface area contributed by atoms with Crippen molar-refractivity contribution >= 4 is 33.2 Å². The first-order valence-electron chi connectivity index (χ1n) is 8.14. The summed E-state index contributed by atoms with van der Waals surface area (Å²) in [6.07, 6.45) is 0. The Bertz CT molecular complexity index is 1050. The second kappa shape index (κ2) is 8.48. The largest absolute Gasteiger partial charge is 0.497 e. The molecule has 28 heavy (non-hydrogen) atoms. The summed E-state index contributed by atoms with van der Waals surface area (Å²) in [5, 5.41) is 4.49. The fourth-order valence-electron chi connectivity index (χ4n) is 2.43. The molecule has 0 spiro atoms. The molecular formula is C18H17Cl2N3O4S. The van der Waals surface area contributed by atoms with E-state index in [1.54, 1.807) is 49.6 Å². The van der Waals surface area contributed by atoms with E-state index in [0.717, 1.165) is 9.87 Å². The molecule has 0 N–H and O–H groups in total. The lowest BCUT2D eigenvalue weighted by Gasteiger charge is -2.16. The SMILES string of the molecule is COc1ccc(-c2noc(CN(C)S(=O)(=O)Cc3c(Cl)cccc3Cl)n2)cc1. The van der Waals surface area contributed by atoms with Gasteiger partial charge in [-0.2, -0.15) is 9.29 Å². The molecule has 7 nitrogen and oxygen atoms in total. The molecule has 1 aromatic heterocycles.